The topological polar surface area (TPSA) is 12.0 Å². The summed E-state index contributed by atoms with van der Waals surface area (Å²) < 4.78 is 0. The van der Waals surface area contributed by atoms with Crippen LogP contribution in [0.3, 0.4) is 0 Å². The van der Waals surface area contributed by atoms with Crippen molar-refractivity contribution in [2.75, 3.05) is 0 Å². The molecule has 0 amide bonds. The first-order valence-corrected chi connectivity index (χ1v) is 7.81. The Balaban J connectivity index is 2.10. The first kappa shape index (κ1) is 14.6. The third kappa shape index (κ3) is 3.39. The minimum absolute atomic E-state index is 0.471. The maximum Gasteiger partial charge on any atom is 0.0345 e. The summed E-state index contributed by atoms with van der Waals surface area (Å²) in [5.41, 5.74) is 3.40. The van der Waals surface area contributed by atoms with E-state index >= 15 is 0 Å². The molecule has 1 fully saturated rings. The van der Waals surface area contributed by atoms with Crippen molar-refractivity contribution in [2.45, 2.75) is 66.0 Å². The number of benzene rings is 1. The lowest BCUT2D eigenvalue weighted by Crippen LogP contribution is -2.38. The average Bonchev–Trinajstić information content (AvgIpc) is 3.15. The molecule has 1 aliphatic rings. The molecule has 1 heteroatoms. The average molecular weight is 259 g/mol. The molecule has 1 aromatic rings. The molecule has 1 aliphatic carbocycles. The van der Waals surface area contributed by atoms with Gasteiger partial charge >= 0.3 is 0 Å². The molecule has 1 aromatic carbocycles. The number of nitrogens with one attached hydrogen (secondary N) is 1. The third-order valence-electron chi connectivity index (χ3n) is 4.93. The van der Waals surface area contributed by atoms with Crippen LogP contribution in [0.4, 0.5) is 0 Å². The Morgan fingerprint density at radius 1 is 1.11 bits per heavy atom. The van der Waals surface area contributed by atoms with Gasteiger partial charge in [0.15, 0.2) is 0 Å². The van der Waals surface area contributed by atoms with Crippen LogP contribution in [0, 0.1) is 11.3 Å². The number of hydrogen-bond acceptors (Lipinski definition) is 1. The Labute approximate surface area is 118 Å². The highest BCUT2D eigenvalue weighted by Gasteiger charge is 2.43. The molecule has 0 spiro atoms. The highest BCUT2D eigenvalue weighted by Crippen LogP contribution is 2.48. The predicted octanol–water partition coefficient (Wildman–Crippen LogP) is 4.72. The molecule has 1 nitrogen and oxygen atoms in total. The van der Waals surface area contributed by atoms with Crippen LogP contribution < -0.4 is 5.32 Å². The maximum atomic E-state index is 3.87. The Morgan fingerprint density at radius 2 is 1.68 bits per heavy atom. The maximum absolute atomic E-state index is 3.87. The van der Waals surface area contributed by atoms with Gasteiger partial charge in [-0.3, -0.25) is 0 Å². The van der Waals surface area contributed by atoms with Crippen molar-refractivity contribution in [3.05, 3.63) is 35.4 Å². The summed E-state index contributed by atoms with van der Waals surface area (Å²) in [5.74, 6) is 0.622. The van der Waals surface area contributed by atoms with E-state index in [9.17, 15) is 0 Å². The number of rotatable bonds is 6. The van der Waals surface area contributed by atoms with Crippen molar-refractivity contribution in [1.82, 2.24) is 5.32 Å². The van der Waals surface area contributed by atoms with E-state index in [1.807, 2.05) is 0 Å². The summed E-state index contributed by atoms with van der Waals surface area (Å²) in [7, 11) is 0. The van der Waals surface area contributed by atoms with E-state index in [1.165, 1.54) is 24.0 Å². The molecule has 2 atom stereocenters. The molecule has 0 saturated heterocycles. The second kappa shape index (κ2) is 5.66. The molecule has 0 bridgehead atoms. The minimum atomic E-state index is 0.471. The van der Waals surface area contributed by atoms with E-state index < -0.39 is 0 Å². The van der Waals surface area contributed by atoms with Gasteiger partial charge in [0, 0.05) is 12.1 Å². The van der Waals surface area contributed by atoms with Gasteiger partial charge in [0.2, 0.25) is 0 Å². The zero-order chi connectivity index (χ0) is 14.0. The van der Waals surface area contributed by atoms with Gasteiger partial charge in [-0.1, -0.05) is 52.0 Å². The fourth-order valence-electron chi connectivity index (χ4n) is 2.73. The van der Waals surface area contributed by atoms with Gasteiger partial charge in [-0.15, -0.1) is 0 Å². The fourth-order valence-corrected chi connectivity index (χ4v) is 2.73. The van der Waals surface area contributed by atoms with Gasteiger partial charge in [0.1, 0.15) is 0 Å². The summed E-state index contributed by atoms with van der Waals surface area (Å²) in [6.07, 6.45) is 3.87. The lowest BCUT2D eigenvalue weighted by Gasteiger charge is -2.30. The Morgan fingerprint density at radius 3 is 2.11 bits per heavy atom. The normalized spacial score (nSPS) is 20.3. The summed E-state index contributed by atoms with van der Waals surface area (Å²) in [4.78, 5) is 0. The first-order chi connectivity index (χ1) is 8.96. The molecule has 0 aromatic heterocycles. The third-order valence-corrected chi connectivity index (χ3v) is 4.93. The van der Waals surface area contributed by atoms with Gasteiger partial charge in [0.25, 0.3) is 0 Å². The quantitative estimate of drug-likeness (QED) is 0.779. The summed E-state index contributed by atoms with van der Waals surface area (Å²) in [5, 5.41) is 3.87. The zero-order valence-corrected chi connectivity index (χ0v) is 13.2. The predicted molar refractivity (Wildman–Crippen MR) is 83.3 cm³/mol. The van der Waals surface area contributed by atoms with Gasteiger partial charge in [-0.05, 0) is 48.6 Å². The summed E-state index contributed by atoms with van der Waals surface area (Å²) >= 11 is 0. The van der Waals surface area contributed by atoms with E-state index in [4.69, 9.17) is 0 Å². The van der Waals surface area contributed by atoms with Crippen LogP contribution in [0.15, 0.2) is 24.3 Å². The lowest BCUT2D eigenvalue weighted by atomic mass is 9.91. The molecule has 106 valence electrons. The number of aryl methyl sites for hydroxylation is 1. The fraction of sp³-hybridized carbons (Fsp3) is 0.667. The molecule has 0 radical (unpaired) electrons. The lowest BCUT2D eigenvalue weighted by molar-refractivity contribution is 0.300. The van der Waals surface area contributed by atoms with E-state index in [2.05, 4.69) is 64.2 Å². The Bertz CT molecular complexity index is 400. The minimum Gasteiger partial charge on any atom is -0.307 e. The van der Waals surface area contributed by atoms with Crippen LogP contribution in [0.1, 0.15) is 64.6 Å². The standard InChI is InChI=1S/C18H29N/c1-6-15-7-9-16(10-8-15)17(13(2)3)19-14(4)18(5)11-12-18/h7-10,13-14,17,19H,6,11-12H2,1-5H3. The van der Waals surface area contributed by atoms with Crippen LogP contribution in [0.2, 0.25) is 0 Å². The van der Waals surface area contributed by atoms with Crippen LogP contribution in [0.25, 0.3) is 0 Å². The second-order valence-electron chi connectivity index (χ2n) is 6.86. The Hall–Kier alpha value is -0.820. The smallest absolute Gasteiger partial charge is 0.0345 e. The zero-order valence-electron chi connectivity index (χ0n) is 13.2. The second-order valence-corrected chi connectivity index (χ2v) is 6.86. The largest absolute Gasteiger partial charge is 0.307 e. The SMILES string of the molecule is CCc1ccc(C(NC(C)C2(C)CC2)C(C)C)cc1. The molecule has 1 N–H and O–H groups in total. The molecular weight excluding hydrogens is 230 g/mol. The van der Waals surface area contributed by atoms with Crippen molar-refractivity contribution in [3.63, 3.8) is 0 Å². The van der Waals surface area contributed by atoms with Crippen LogP contribution >= 0.6 is 0 Å². The molecule has 1 saturated carbocycles. The van der Waals surface area contributed by atoms with Crippen LogP contribution in [0.5, 0.6) is 0 Å². The van der Waals surface area contributed by atoms with Gasteiger partial charge in [-0.25, -0.2) is 0 Å². The highest BCUT2D eigenvalue weighted by atomic mass is 15.0. The van der Waals surface area contributed by atoms with Crippen molar-refractivity contribution < 1.29 is 0 Å². The molecule has 0 heterocycles. The van der Waals surface area contributed by atoms with Gasteiger partial charge in [-0.2, -0.15) is 0 Å². The van der Waals surface area contributed by atoms with Gasteiger partial charge in [0.05, 0.1) is 0 Å². The Kier molecular flexibility index (Phi) is 4.35. The summed E-state index contributed by atoms with van der Waals surface area (Å²) in [6, 6.07) is 10.2. The van der Waals surface area contributed by atoms with Crippen molar-refractivity contribution >= 4 is 0 Å². The molecule has 2 unspecified atom stereocenters. The van der Waals surface area contributed by atoms with Crippen molar-refractivity contribution in [2.24, 2.45) is 11.3 Å². The highest BCUT2D eigenvalue weighted by molar-refractivity contribution is 5.25. The van der Waals surface area contributed by atoms with Gasteiger partial charge < -0.3 is 5.32 Å². The van der Waals surface area contributed by atoms with Crippen molar-refractivity contribution in [3.8, 4) is 0 Å². The van der Waals surface area contributed by atoms with Crippen LogP contribution in [-0.2, 0) is 6.42 Å². The number of hydrogen-bond donors (Lipinski definition) is 1. The van der Waals surface area contributed by atoms with Crippen molar-refractivity contribution in [1.29, 1.82) is 0 Å². The van der Waals surface area contributed by atoms with E-state index in [-0.39, 0.29) is 0 Å². The molecule has 19 heavy (non-hydrogen) atoms. The van der Waals surface area contributed by atoms with Crippen LogP contribution in [-0.4, -0.2) is 6.04 Å². The summed E-state index contributed by atoms with van der Waals surface area (Å²) in [6.45, 7) is 11.6. The van der Waals surface area contributed by atoms with E-state index in [0.29, 0.717) is 23.4 Å². The van der Waals surface area contributed by atoms with E-state index in [1.54, 1.807) is 0 Å². The monoisotopic (exact) mass is 259 g/mol. The molecule has 0 aliphatic heterocycles. The van der Waals surface area contributed by atoms with E-state index in [0.717, 1.165) is 6.42 Å². The first-order valence-electron chi connectivity index (χ1n) is 7.81. The molecular formula is C18H29N. The molecule has 2 rings (SSSR count).